The van der Waals surface area contributed by atoms with Gasteiger partial charge in [-0.25, -0.2) is 0 Å². The number of rotatable bonds is 4. The van der Waals surface area contributed by atoms with E-state index >= 15 is 0 Å². The van der Waals surface area contributed by atoms with Crippen LogP contribution in [0.2, 0.25) is 0 Å². The van der Waals surface area contributed by atoms with Crippen LogP contribution < -0.4 is 11.3 Å². The van der Waals surface area contributed by atoms with Crippen LogP contribution in [0.5, 0.6) is 0 Å². The Kier molecular flexibility index (Phi) is 3.92. The van der Waals surface area contributed by atoms with Gasteiger partial charge in [0.05, 0.1) is 5.60 Å². The van der Waals surface area contributed by atoms with E-state index in [9.17, 15) is 0 Å². The van der Waals surface area contributed by atoms with E-state index in [0.29, 0.717) is 6.04 Å². The summed E-state index contributed by atoms with van der Waals surface area (Å²) in [7, 11) is 0. The van der Waals surface area contributed by atoms with Crippen LogP contribution >= 0.6 is 0 Å². The molecule has 0 amide bonds. The van der Waals surface area contributed by atoms with Crippen LogP contribution in [0.3, 0.4) is 0 Å². The van der Waals surface area contributed by atoms with Crippen LogP contribution in [-0.2, 0) is 4.74 Å². The van der Waals surface area contributed by atoms with Gasteiger partial charge in [0.15, 0.2) is 0 Å². The normalized spacial score (nSPS) is 33.5. The molecule has 3 rings (SSSR count). The number of hydrogen-bond donors (Lipinski definition) is 2. The maximum absolute atomic E-state index is 6.03. The van der Waals surface area contributed by atoms with E-state index in [1.165, 1.54) is 64.2 Å². The third-order valence-electron chi connectivity index (χ3n) is 5.64. The second-order valence-corrected chi connectivity index (χ2v) is 6.80. The van der Waals surface area contributed by atoms with Gasteiger partial charge in [-0.05, 0) is 50.4 Å². The molecule has 3 heteroatoms. The number of nitrogens with one attached hydrogen (secondary N) is 1. The Labute approximate surface area is 111 Å². The number of hydrogen-bond acceptors (Lipinski definition) is 3. The molecule has 3 N–H and O–H groups in total. The Balaban J connectivity index is 1.56. The first-order valence-corrected chi connectivity index (χ1v) is 7.91. The van der Waals surface area contributed by atoms with E-state index in [-0.39, 0.29) is 5.60 Å². The second kappa shape index (κ2) is 5.48. The third kappa shape index (κ3) is 2.59. The van der Waals surface area contributed by atoms with Crippen LogP contribution in [-0.4, -0.2) is 18.2 Å². The highest BCUT2D eigenvalue weighted by Crippen LogP contribution is 2.45. The van der Waals surface area contributed by atoms with Crippen molar-refractivity contribution in [2.45, 2.75) is 75.9 Å². The number of nitrogens with two attached hydrogens (primary N) is 1. The van der Waals surface area contributed by atoms with E-state index in [0.717, 1.165) is 18.4 Å². The largest absolute Gasteiger partial charge is 0.375 e. The molecule has 1 saturated heterocycles. The third-order valence-corrected chi connectivity index (χ3v) is 5.64. The van der Waals surface area contributed by atoms with E-state index in [4.69, 9.17) is 10.6 Å². The lowest BCUT2D eigenvalue weighted by atomic mass is 9.69. The van der Waals surface area contributed by atoms with Gasteiger partial charge in [-0.1, -0.05) is 25.7 Å². The molecule has 2 unspecified atom stereocenters. The van der Waals surface area contributed by atoms with Crippen molar-refractivity contribution in [3.63, 3.8) is 0 Å². The van der Waals surface area contributed by atoms with Gasteiger partial charge in [0, 0.05) is 12.6 Å². The molecule has 3 aliphatic rings. The molecular weight excluding hydrogens is 224 g/mol. The lowest BCUT2D eigenvalue weighted by Gasteiger charge is -2.49. The second-order valence-electron chi connectivity index (χ2n) is 6.80. The van der Waals surface area contributed by atoms with Crippen molar-refractivity contribution < 1.29 is 4.74 Å². The minimum absolute atomic E-state index is 0.258. The molecule has 2 atom stereocenters. The van der Waals surface area contributed by atoms with Gasteiger partial charge in [0.1, 0.15) is 0 Å². The summed E-state index contributed by atoms with van der Waals surface area (Å²) in [6.45, 7) is 0.952. The Morgan fingerprint density at radius 3 is 2.56 bits per heavy atom. The Morgan fingerprint density at radius 2 is 1.94 bits per heavy atom. The molecule has 0 aromatic rings. The zero-order valence-corrected chi connectivity index (χ0v) is 11.5. The van der Waals surface area contributed by atoms with Crippen molar-refractivity contribution in [1.82, 2.24) is 5.43 Å². The molecule has 2 saturated carbocycles. The van der Waals surface area contributed by atoms with Crippen molar-refractivity contribution in [3.05, 3.63) is 0 Å². The zero-order chi connectivity index (χ0) is 12.4. The average Bonchev–Trinajstić information content (AvgIpc) is 2.87. The van der Waals surface area contributed by atoms with Crippen molar-refractivity contribution in [2.24, 2.45) is 17.7 Å². The molecule has 0 bridgehead atoms. The highest BCUT2D eigenvalue weighted by molar-refractivity contribution is 4.96. The molecule has 3 nitrogen and oxygen atoms in total. The predicted molar refractivity (Wildman–Crippen MR) is 72.9 cm³/mol. The smallest absolute Gasteiger partial charge is 0.0685 e. The fourth-order valence-electron chi connectivity index (χ4n) is 4.33. The first-order chi connectivity index (χ1) is 8.81. The van der Waals surface area contributed by atoms with Crippen LogP contribution in [0, 0.1) is 11.8 Å². The maximum Gasteiger partial charge on any atom is 0.0685 e. The summed E-state index contributed by atoms with van der Waals surface area (Å²) in [6.07, 6.45) is 13.4. The summed E-state index contributed by atoms with van der Waals surface area (Å²) < 4.78 is 6.03. The fourth-order valence-corrected chi connectivity index (χ4v) is 4.33. The van der Waals surface area contributed by atoms with Gasteiger partial charge in [0.25, 0.3) is 0 Å². The molecule has 2 aliphatic carbocycles. The van der Waals surface area contributed by atoms with Gasteiger partial charge in [-0.2, -0.15) is 0 Å². The minimum atomic E-state index is 0.258. The highest BCUT2D eigenvalue weighted by atomic mass is 16.5. The summed E-state index contributed by atoms with van der Waals surface area (Å²) in [5.41, 5.74) is 3.39. The van der Waals surface area contributed by atoms with Crippen molar-refractivity contribution in [2.75, 3.05) is 6.61 Å². The quantitative estimate of drug-likeness (QED) is 0.597. The van der Waals surface area contributed by atoms with E-state index in [2.05, 4.69) is 5.43 Å². The molecule has 1 spiro atoms. The molecule has 104 valence electrons. The van der Waals surface area contributed by atoms with Crippen LogP contribution in [0.4, 0.5) is 0 Å². The lowest BCUT2D eigenvalue weighted by Crippen LogP contribution is -2.51. The molecular formula is C15H28N2O. The molecule has 0 radical (unpaired) electrons. The van der Waals surface area contributed by atoms with Crippen molar-refractivity contribution in [3.8, 4) is 0 Å². The van der Waals surface area contributed by atoms with Crippen molar-refractivity contribution >= 4 is 0 Å². The van der Waals surface area contributed by atoms with Gasteiger partial charge in [-0.15, -0.1) is 0 Å². The molecule has 1 heterocycles. The Bertz CT molecular complexity index is 272. The standard InChI is InChI=1S/C15H28N2O/c16-17-14(10-12-4-1-2-5-12)13-6-9-18-15(11-13)7-3-8-15/h12-14,17H,1-11,16H2. The monoisotopic (exact) mass is 252 g/mol. The predicted octanol–water partition coefficient (Wildman–Crippen LogP) is 2.75. The minimum Gasteiger partial charge on any atom is -0.375 e. The first kappa shape index (κ1) is 12.9. The van der Waals surface area contributed by atoms with Gasteiger partial charge < -0.3 is 4.74 Å². The van der Waals surface area contributed by atoms with Gasteiger partial charge in [-0.3, -0.25) is 11.3 Å². The maximum atomic E-state index is 6.03. The Hall–Kier alpha value is -0.120. The van der Waals surface area contributed by atoms with Gasteiger partial charge >= 0.3 is 0 Å². The van der Waals surface area contributed by atoms with Crippen molar-refractivity contribution in [1.29, 1.82) is 0 Å². The van der Waals surface area contributed by atoms with E-state index in [1.54, 1.807) is 0 Å². The van der Waals surface area contributed by atoms with Crippen LogP contribution in [0.25, 0.3) is 0 Å². The SMILES string of the molecule is NNC(CC1CCCC1)C1CCOC2(CCC2)C1. The molecule has 18 heavy (non-hydrogen) atoms. The molecule has 1 aliphatic heterocycles. The summed E-state index contributed by atoms with van der Waals surface area (Å²) in [5, 5.41) is 0. The first-order valence-electron chi connectivity index (χ1n) is 7.91. The molecule has 0 aromatic carbocycles. The number of hydrazine groups is 1. The van der Waals surface area contributed by atoms with Crippen LogP contribution in [0.15, 0.2) is 0 Å². The molecule has 0 aromatic heterocycles. The van der Waals surface area contributed by atoms with Crippen LogP contribution in [0.1, 0.15) is 64.2 Å². The summed E-state index contributed by atoms with van der Waals surface area (Å²) in [6, 6.07) is 0.523. The zero-order valence-electron chi connectivity index (χ0n) is 11.5. The number of ether oxygens (including phenoxy) is 1. The molecule has 3 fully saturated rings. The summed E-state index contributed by atoms with van der Waals surface area (Å²) in [5.74, 6) is 7.50. The van der Waals surface area contributed by atoms with E-state index in [1.807, 2.05) is 0 Å². The Morgan fingerprint density at radius 1 is 1.17 bits per heavy atom. The summed E-state index contributed by atoms with van der Waals surface area (Å²) >= 11 is 0. The lowest BCUT2D eigenvalue weighted by molar-refractivity contribution is -0.147. The average molecular weight is 252 g/mol. The topological polar surface area (TPSA) is 47.3 Å². The highest BCUT2D eigenvalue weighted by Gasteiger charge is 2.44. The summed E-state index contributed by atoms with van der Waals surface area (Å²) in [4.78, 5) is 0. The van der Waals surface area contributed by atoms with Gasteiger partial charge in [0.2, 0.25) is 0 Å². The fraction of sp³-hybridized carbons (Fsp3) is 1.00. The van der Waals surface area contributed by atoms with E-state index < -0.39 is 0 Å².